The van der Waals surface area contributed by atoms with Crippen LogP contribution in [0.15, 0.2) is 48.9 Å². The van der Waals surface area contributed by atoms with Gasteiger partial charge in [0.2, 0.25) is 0 Å². The second-order valence-electron chi connectivity index (χ2n) is 5.27. The van der Waals surface area contributed by atoms with Crippen LogP contribution in [0.25, 0.3) is 17.2 Å². The van der Waals surface area contributed by atoms with Crippen LogP contribution in [0.5, 0.6) is 0 Å². The van der Waals surface area contributed by atoms with E-state index in [-0.39, 0.29) is 10.5 Å². The number of hydrogen-bond donors (Lipinski definition) is 1. The highest BCUT2D eigenvalue weighted by molar-refractivity contribution is 6.42. The second kappa shape index (κ2) is 7.01. The fourth-order valence-electron chi connectivity index (χ4n) is 2.24. The average Bonchev–Trinajstić information content (AvgIpc) is 2.99. The van der Waals surface area contributed by atoms with Crippen molar-refractivity contribution in [1.29, 1.82) is 0 Å². The molecule has 1 amide bonds. The van der Waals surface area contributed by atoms with Gasteiger partial charge in [0.1, 0.15) is 0 Å². The summed E-state index contributed by atoms with van der Waals surface area (Å²) < 4.78 is 39.6. The van der Waals surface area contributed by atoms with Crippen LogP contribution in [0, 0.1) is 0 Å². The fraction of sp³-hybridized carbons (Fsp3) is 0.0588. The predicted octanol–water partition coefficient (Wildman–Crippen LogP) is 5.22. The van der Waals surface area contributed by atoms with E-state index in [1.807, 2.05) is 0 Å². The van der Waals surface area contributed by atoms with E-state index < -0.39 is 17.6 Å². The third kappa shape index (κ3) is 3.84. The Hall–Kier alpha value is -2.51. The minimum absolute atomic E-state index is 0.195. The summed E-state index contributed by atoms with van der Waals surface area (Å²) >= 11 is 11.7. The molecular formula is C17H10Cl2F3N3O. The molecule has 0 bridgehead atoms. The van der Waals surface area contributed by atoms with E-state index in [2.05, 4.69) is 10.3 Å². The van der Waals surface area contributed by atoms with Gasteiger partial charge in [0.15, 0.2) is 0 Å². The van der Waals surface area contributed by atoms with Crippen molar-refractivity contribution in [3.05, 3.63) is 70.1 Å². The Labute approximate surface area is 155 Å². The van der Waals surface area contributed by atoms with Crippen molar-refractivity contribution in [3.8, 4) is 0 Å². The van der Waals surface area contributed by atoms with E-state index in [9.17, 15) is 18.0 Å². The average molecular weight is 400 g/mol. The van der Waals surface area contributed by atoms with Gasteiger partial charge in [0.25, 0.3) is 5.91 Å². The highest BCUT2D eigenvalue weighted by atomic mass is 35.5. The Morgan fingerprint density at radius 1 is 1.12 bits per heavy atom. The maximum Gasteiger partial charge on any atom is 0.416 e. The SMILES string of the molecule is O=C(N/C=C/n1cnc2cc(C(F)(F)F)ccc21)c1ccc(Cl)c(Cl)c1. The highest BCUT2D eigenvalue weighted by Crippen LogP contribution is 2.31. The first-order chi connectivity index (χ1) is 12.3. The molecule has 0 spiro atoms. The zero-order chi connectivity index (χ0) is 18.9. The number of carbonyl (C=O) groups is 1. The van der Waals surface area contributed by atoms with Crippen LogP contribution >= 0.6 is 23.2 Å². The van der Waals surface area contributed by atoms with E-state index in [1.165, 1.54) is 47.6 Å². The lowest BCUT2D eigenvalue weighted by atomic mass is 10.2. The van der Waals surface area contributed by atoms with Crippen molar-refractivity contribution >= 4 is 46.3 Å². The molecule has 3 aromatic rings. The molecule has 9 heteroatoms. The normalized spacial score (nSPS) is 12.0. The molecule has 0 aliphatic heterocycles. The molecule has 1 N–H and O–H groups in total. The predicted molar refractivity (Wildman–Crippen MR) is 94.0 cm³/mol. The third-order valence-electron chi connectivity index (χ3n) is 3.53. The van der Waals surface area contributed by atoms with Crippen LogP contribution in [0.2, 0.25) is 10.0 Å². The zero-order valence-electron chi connectivity index (χ0n) is 12.9. The summed E-state index contributed by atoms with van der Waals surface area (Å²) in [7, 11) is 0. The van der Waals surface area contributed by atoms with Crippen molar-refractivity contribution in [3.63, 3.8) is 0 Å². The van der Waals surface area contributed by atoms with E-state index in [4.69, 9.17) is 23.2 Å². The summed E-state index contributed by atoms with van der Waals surface area (Å²) in [6, 6.07) is 7.71. The van der Waals surface area contributed by atoms with Gasteiger partial charge in [-0.05, 0) is 36.4 Å². The monoisotopic (exact) mass is 399 g/mol. The van der Waals surface area contributed by atoms with Gasteiger partial charge in [-0.2, -0.15) is 13.2 Å². The number of carbonyl (C=O) groups excluding carboxylic acids is 1. The van der Waals surface area contributed by atoms with Crippen molar-refractivity contribution < 1.29 is 18.0 Å². The maximum atomic E-state index is 12.7. The van der Waals surface area contributed by atoms with E-state index in [0.29, 0.717) is 16.1 Å². The van der Waals surface area contributed by atoms with Gasteiger partial charge in [-0.15, -0.1) is 0 Å². The number of aromatic nitrogens is 2. The van der Waals surface area contributed by atoms with Crippen LogP contribution in [-0.2, 0) is 6.18 Å². The fourth-order valence-corrected chi connectivity index (χ4v) is 2.54. The van der Waals surface area contributed by atoms with Gasteiger partial charge in [-0.25, -0.2) is 4.98 Å². The lowest BCUT2D eigenvalue weighted by molar-refractivity contribution is -0.137. The van der Waals surface area contributed by atoms with Crippen molar-refractivity contribution in [1.82, 2.24) is 14.9 Å². The van der Waals surface area contributed by atoms with Gasteiger partial charge < -0.3 is 9.88 Å². The number of nitrogens with one attached hydrogen (secondary N) is 1. The number of halogens is 5. The van der Waals surface area contributed by atoms with Gasteiger partial charge >= 0.3 is 6.18 Å². The van der Waals surface area contributed by atoms with E-state index >= 15 is 0 Å². The topological polar surface area (TPSA) is 46.9 Å². The van der Waals surface area contributed by atoms with Crippen molar-refractivity contribution in [2.45, 2.75) is 6.18 Å². The maximum absolute atomic E-state index is 12.7. The highest BCUT2D eigenvalue weighted by Gasteiger charge is 2.30. The van der Waals surface area contributed by atoms with Gasteiger partial charge in [-0.1, -0.05) is 23.2 Å². The Kier molecular flexibility index (Phi) is 4.93. The van der Waals surface area contributed by atoms with Gasteiger partial charge in [-0.3, -0.25) is 4.79 Å². The number of amides is 1. The Morgan fingerprint density at radius 2 is 1.88 bits per heavy atom. The van der Waals surface area contributed by atoms with Crippen LogP contribution in [0.4, 0.5) is 13.2 Å². The van der Waals surface area contributed by atoms with Gasteiger partial charge in [0.05, 0.1) is 33.0 Å². The summed E-state index contributed by atoms with van der Waals surface area (Å²) in [5.41, 5.74) is 0.208. The number of hydrogen-bond acceptors (Lipinski definition) is 2. The summed E-state index contributed by atoms with van der Waals surface area (Å²) in [5, 5.41) is 3.12. The Morgan fingerprint density at radius 3 is 2.58 bits per heavy atom. The molecule has 0 fully saturated rings. The minimum Gasteiger partial charge on any atom is -0.327 e. The summed E-state index contributed by atoms with van der Waals surface area (Å²) in [6.45, 7) is 0. The largest absolute Gasteiger partial charge is 0.416 e. The van der Waals surface area contributed by atoms with Crippen LogP contribution in [0.1, 0.15) is 15.9 Å². The summed E-state index contributed by atoms with van der Waals surface area (Å²) in [5.74, 6) is -0.413. The Balaban J connectivity index is 1.76. The first kappa shape index (κ1) is 18.3. The van der Waals surface area contributed by atoms with Crippen LogP contribution in [0.3, 0.4) is 0 Å². The molecule has 0 atom stereocenters. The quantitative estimate of drug-likeness (QED) is 0.656. The molecule has 0 unspecified atom stereocenters. The van der Waals surface area contributed by atoms with Crippen molar-refractivity contribution in [2.75, 3.05) is 0 Å². The number of alkyl halides is 3. The molecule has 134 valence electrons. The number of benzene rings is 2. The molecule has 0 aliphatic rings. The molecule has 26 heavy (non-hydrogen) atoms. The van der Waals surface area contributed by atoms with Crippen LogP contribution < -0.4 is 5.32 Å². The summed E-state index contributed by atoms with van der Waals surface area (Å²) in [4.78, 5) is 16.0. The lowest BCUT2D eigenvalue weighted by Gasteiger charge is -2.06. The van der Waals surface area contributed by atoms with Crippen LogP contribution in [-0.4, -0.2) is 15.5 Å². The number of rotatable bonds is 3. The first-order valence-electron chi connectivity index (χ1n) is 7.22. The summed E-state index contributed by atoms with van der Waals surface area (Å²) in [6.07, 6.45) is -0.254. The zero-order valence-corrected chi connectivity index (χ0v) is 14.4. The standard InChI is InChI=1S/C17H10Cl2F3N3O/c18-12-3-1-10(7-13(12)19)16(26)23-5-6-25-9-24-14-8-11(17(20,21)22)2-4-15(14)25/h1-9H,(H,23,26)/b6-5+. The molecule has 3 rings (SSSR count). The Bertz CT molecular complexity index is 1010. The minimum atomic E-state index is -4.43. The molecule has 1 heterocycles. The van der Waals surface area contributed by atoms with Crippen molar-refractivity contribution in [2.24, 2.45) is 0 Å². The van der Waals surface area contributed by atoms with E-state index in [0.717, 1.165) is 12.1 Å². The molecule has 4 nitrogen and oxygen atoms in total. The second-order valence-corrected chi connectivity index (χ2v) is 6.09. The lowest BCUT2D eigenvalue weighted by Crippen LogP contribution is -2.17. The third-order valence-corrected chi connectivity index (χ3v) is 4.27. The van der Waals surface area contributed by atoms with E-state index in [1.54, 1.807) is 0 Å². The van der Waals surface area contributed by atoms with Gasteiger partial charge in [0, 0.05) is 18.0 Å². The number of fused-ring (bicyclic) bond motifs is 1. The molecule has 0 radical (unpaired) electrons. The molecular weight excluding hydrogens is 390 g/mol. The molecule has 0 aliphatic carbocycles. The smallest absolute Gasteiger partial charge is 0.327 e. The molecule has 0 saturated heterocycles. The molecule has 1 aromatic heterocycles. The molecule has 0 saturated carbocycles. The molecule has 2 aromatic carbocycles. The number of nitrogens with zero attached hydrogens (tertiary/aromatic N) is 2. The first-order valence-corrected chi connectivity index (χ1v) is 7.97. The number of imidazole rings is 1.